The van der Waals surface area contributed by atoms with Crippen LogP contribution in [0.2, 0.25) is 0 Å². The smallest absolute Gasteiger partial charge is 0.408 e. The molecule has 3 N–H and O–H groups in total. The predicted molar refractivity (Wildman–Crippen MR) is 353 cm³/mol. The predicted octanol–water partition coefficient (Wildman–Crippen LogP) is 11.7. The van der Waals surface area contributed by atoms with Crippen LogP contribution in [-0.2, 0) is 66.6 Å². The SMILES string of the molecule is CO[C@H]1C(=O)[C@]2(C)[C@@H](OC)C[C@H]3OC[C@@]3(OC(C)=O)[C@H]2[C@H](OC(=O)c2ccccc2)[C@]2(O)C[C@H](OC(=O)C(OC(=O)CNC(=O)CO[C@H]3CC[C@@]4(C)C(=CCC5C4CC[C@@]4(C)C5CC[C@@H]4[C@H](C)CCCC(C)C)C3)[C@@H](NC(=O)OC(C)(C)C)c3ccccc3)C(C)=C1C2(C)C. The molecule has 1 aliphatic heterocycles. The van der Waals surface area contributed by atoms with Crippen molar-refractivity contribution < 1.29 is 81.3 Å². The number of benzene rings is 2. The van der Waals surface area contributed by atoms with Gasteiger partial charge in [0, 0.05) is 39.4 Å². The number of alkyl carbamates (subject to hydrolysis) is 1. The zero-order valence-electron chi connectivity index (χ0n) is 58.8. The highest BCUT2D eigenvalue weighted by atomic mass is 16.6. The molecular weight excluding hydrogens is 1210 g/mol. The highest BCUT2D eigenvalue weighted by molar-refractivity contribution is 5.94. The van der Waals surface area contributed by atoms with Crippen LogP contribution in [0.5, 0.6) is 0 Å². The maximum atomic E-state index is 16.0. The fraction of sp³-hybridized carbons (Fsp3) is 0.697. The summed E-state index contributed by atoms with van der Waals surface area (Å²) in [5.41, 5.74) is -5.57. The first-order chi connectivity index (χ1) is 44.8. The maximum absolute atomic E-state index is 16.0. The van der Waals surface area contributed by atoms with Gasteiger partial charge >= 0.3 is 30.0 Å². The van der Waals surface area contributed by atoms with E-state index in [1.165, 1.54) is 83.8 Å². The molecule has 6 fully saturated rings. The van der Waals surface area contributed by atoms with Gasteiger partial charge in [-0.1, -0.05) is 128 Å². The number of methoxy groups -OCH3 is 2. The number of carbonyl (C=O) groups excluding carboxylic acids is 7. The second-order valence-corrected chi connectivity index (χ2v) is 31.7. The Morgan fingerprint density at radius 3 is 2.17 bits per heavy atom. The lowest BCUT2D eigenvalue weighted by molar-refractivity contribution is -0.347. The van der Waals surface area contributed by atoms with E-state index >= 15 is 9.59 Å². The summed E-state index contributed by atoms with van der Waals surface area (Å²) in [5.74, 6) is -2.11. The van der Waals surface area contributed by atoms with Crippen molar-refractivity contribution in [1.82, 2.24) is 10.6 Å². The van der Waals surface area contributed by atoms with E-state index in [1.807, 2.05) is 0 Å². The highest BCUT2D eigenvalue weighted by Gasteiger charge is 2.78. The number of nitrogens with one attached hydrogen (secondary N) is 2. The molecule has 522 valence electrons. The number of amides is 2. The van der Waals surface area contributed by atoms with E-state index < -0.39 is 131 Å². The summed E-state index contributed by atoms with van der Waals surface area (Å²) in [5, 5.41) is 19.6. The van der Waals surface area contributed by atoms with Gasteiger partial charge in [0.15, 0.2) is 11.4 Å². The molecule has 4 unspecified atom stereocenters. The summed E-state index contributed by atoms with van der Waals surface area (Å²) >= 11 is 0. The number of hydrogen-bond donors (Lipinski definition) is 3. The van der Waals surface area contributed by atoms with Gasteiger partial charge in [-0.3, -0.25) is 19.2 Å². The minimum atomic E-state index is -2.34. The number of ether oxygens (including phenoxy) is 9. The number of ketones is 1. The summed E-state index contributed by atoms with van der Waals surface area (Å²) in [4.78, 5) is 102. The van der Waals surface area contributed by atoms with Gasteiger partial charge in [-0.15, -0.1) is 0 Å². The van der Waals surface area contributed by atoms with Crippen LogP contribution in [-0.4, -0.2) is 140 Å². The molecule has 0 aromatic heterocycles. The van der Waals surface area contributed by atoms with Crippen LogP contribution in [0.3, 0.4) is 0 Å². The minimum Gasteiger partial charge on any atom is -0.455 e. The van der Waals surface area contributed by atoms with Gasteiger partial charge in [-0.25, -0.2) is 14.4 Å². The van der Waals surface area contributed by atoms with Crippen LogP contribution < -0.4 is 10.6 Å². The Morgan fingerprint density at radius 2 is 1.54 bits per heavy atom. The molecule has 1 saturated heterocycles. The lowest BCUT2D eigenvalue weighted by atomic mass is 9.44. The van der Waals surface area contributed by atoms with Crippen molar-refractivity contribution in [3.05, 3.63) is 94.6 Å². The Bertz CT molecular complexity index is 3250. The monoisotopic (exact) mass is 1320 g/mol. The third kappa shape index (κ3) is 13.5. The van der Waals surface area contributed by atoms with Crippen molar-refractivity contribution in [3.63, 3.8) is 0 Å². The lowest BCUT2D eigenvalue weighted by Crippen LogP contribution is -2.82. The number of esters is 4. The second kappa shape index (κ2) is 27.7. The molecule has 95 heavy (non-hydrogen) atoms. The molecular formula is C76H106N2O17. The normalized spacial score (nSPS) is 35.4. The number of hydrogen-bond acceptors (Lipinski definition) is 17. The average molecular weight is 1320 g/mol. The molecule has 2 amide bonds. The van der Waals surface area contributed by atoms with E-state index in [0.29, 0.717) is 22.8 Å². The van der Waals surface area contributed by atoms with Crippen LogP contribution in [0.25, 0.3) is 0 Å². The molecule has 19 heteroatoms. The van der Waals surface area contributed by atoms with E-state index in [1.54, 1.807) is 97.0 Å². The van der Waals surface area contributed by atoms with Crippen molar-refractivity contribution >= 4 is 41.7 Å². The number of allylic oxidation sites excluding steroid dienone is 1. The first kappa shape index (κ1) is 71.8. The van der Waals surface area contributed by atoms with Crippen molar-refractivity contribution in [3.8, 4) is 0 Å². The quantitative estimate of drug-likeness (QED) is 0.0597. The van der Waals surface area contributed by atoms with Gasteiger partial charge in [0.25, 0.3) is 0 Å². The number of carbonyl (C=O) groups is 7. The lowest BCUT2D eigenvalue weighted by Gasteiger charge is -2.67. The molecule has 0 spiro atoms. The van der Waals surface area contributed by atoms with E-state index in [9.17, 15) is 29.1 Å². The van der Waals surface area contributed by atoms with Crippen molar-refractivity contribution in [1.29, 1.82) is 0 Å². The average Bonchev–Trinajstić information content (AvgIpc) is 1.06. The molecule has 2 aromatic rings. The molecule has 10 rings (SSSR count). The molecule has 19 nitrogen and oxygen atoms in total. The van der Waals surface area contributed by atoms with Gasteiger partial charge in [0.05, 0.1) is 35.7 Å². The minimum absolute atomic E-state index is 0.0762. The Morgan fingerprint density at radius 1 is 0.842 bits per heavy atom. The first-order valence-electron chi connectivity index (χ1n) is 34.9. The zero-order chi connectivity index (χ0) is 69.0. The third-order valence-corrected chi connectivity index (χ3v) is 24.4. The number of fused-ring (bicyclic) bond motifs is 10. The number of rotatable bonds is 21. The largest absolute Gasteiger partial charge is 0.455 e. The third-order valence-electron chi connectivity index (χ3n) is 24.4. The van der Waals surface area contributed by atoms with Gasteiger partial charge in [-0.05, 0) is 161 Å². The maximum Gasteiger partial charge on any atom is 0.408 e. The van der Waals surface area contributed by atoms with E-state index in [2.05, 4.69) is 51.3 Å². The molecule has 19 atom stereocenters. The highest BCUT2D eigenvalue weighted by Crippen LogP contribution is 2.69. The van der Waals surface area contributed by atoms with Crippen molar-refractivity contribution in [2.45, 2.75) is 239 Å². The van der Waals surface area contributed by atoms with Gasteiger partial charge < -0.3 is 58.4 Å². The van der Waals surface area contributed by atoms with Crippen molar-refractivity contribution in [2.75, 3.05) is 34.0 Å². The fourth-order valence-corrected chi connectivity index (χ4v) is 19.6. The fourth-order valence-electron chi connectivity index (χ4n) is 19.6. The van der Waals surface area contributed by atoms with Crippen molar-refractivity contribution in [2.24, 2.45) is 63.1 Å². The molecule has 2 aromatic carbocycles. The Kier molecular flexibility index (Phi) is 21.0. The van der Waals surface area contributed by atoms with E-state index in [0.717, 1.165) is 49.4 Å². The zero-order valence-corrected chi connectivity index (χ0v) is 58.8. The topological polar surface area (TPSA) is 247 Å². The summed E-state index contributed by atoms with van der Waals surface area (Å²) in [6, 6.07) is 14.9. The summed E-state index contributed by atoms with van der Waals surface area (Å²) < 4.78 is 56.2. The second-order valence-electron chi connectivity index (χ2n) is 31.7. The van der Waals surface area contributed by atoms with Gasteiger partial charge in [-0.2, -0.15) is 0 Å². The summed E-state index contributed by atoms with van der Waals surface area (Å²) in [6.45, 7) is 23.8. The summed E-state index contributed by atoms with van der Waals surface area (Å²) in [7, 11) is 2.78. The molecule has 0 radical (unpaired) electrons. The number of Topliss-reactive ketones (excluding diaryl/α,β-unsaturated/α-hetero) is 1. The Hall–Kier alpha value is -5.99. The molecule has 1 heterocycles. The van der Waals surface area contributed by atoms with Gasteiger partial charge in [0.2, 0.25) is 12.0 Å². The standard InChI is InChI=1S/C76H106N2O17/c1-43(2)23-22-24-44(3)52-31-32-53-51-30-29-49-37-50(33-35-72(49,11)54(51)34-36-73(52,53)12)89-41-58(80)77-40-59(81)92-63(61(47-25-18-16-19-26-47)78-69(85)95-70(6,7)8)68(84)91-55-39-76(86)66(93-67(83)48-27-20-17-21-28-48)64-74(13,65(82)62(88-15)60(45(55)4)71(76,9)10)56(87-14)38-57-75(64,42-90-57)94-46(5)79/h16-21,25-29,43-44,50-57,61-64,66,86H,22-24,30-42H2,1-15H3,(H,77,80)(H,78,85)/t44-,50+,51?,52-,53?,54?,55+,56+,57-,61+,62-,63?,64+,66+,72+,73-,74-,75+,76-/m1/s1. The van der Waals surface area contributed by atoms with Crippen LogP contribution in [0.1, 0.15) is 195 Å². The van der Waals surface area contributed by atoms with Crippen LogP contribution in [0, 0.1) is 63.1 Å². The molecule has 2 bridgehead atoms. The Balaban J connectivity index is 0.902. The molecule has 8 aliphatic rings. The van der Waals surface area contributed by atoms with E-state index in [4.69, 9.17) is 42.6 Å². The van der Waals surface area contributed by atoms with Gasteiger partial charge in [0.1, 0.15) is 54.8 Å². The van der Waals surface area contributed by atoms with Crippen LogP contribution in [0.15, 0.2) is 83.5 Å². The van der Waals surface area contributed by atoms with E-state index in [-0.39, 0.29) is 47.9 Å². The summed E-state index contributed by atoms with van der Waals surface area (Å²) in [6.07, 6.45) is 5.00. The van der Waals surface area contributed by atoms with Crippen LogP contribution >= 0.6 is 0 Å². The number of aliphatic hydroxyl groups is 1. The molecule has 7 aliphatic carbocycles. The first-order valence-corrected chi connectivity index (χ1v) is 34.9. The molecule has 5 saturated carbocycles. The van der Waals surface area contributed by atoms with Crippen LogP contribution in [0.4, 0.5) is 4.79 Å². The Labute approximate surface area is 561 Å².